The van der Waals surface area contributed by atoms with Crippen LogP contribution in [0.1, 0.15) is 34.1 Å². The predicted octanol–water partition coefficient (Wildman–Crippen LogP) is 3.13. The molecule has 2 aromatic rings. The van der Waals surface area contributed by atoms with Gasteiger partial charge in [0.05, 0.1) is 0 Å². The second-order valence-electron chi connectivity index (χ2n) is 5.81. The molecular formula is C18H22N2O3. The summed E-state index contributed by atoms with van der Waals surface area (Å²) in [7, 11) is 1.75. The van der Waals surface area contributed by atoms with Gasteiger partial charge in [0.25, 0.3) is 5.91 Å². The first-order valence-corrected chi connectivity index (χ1v) is 7.50. The number of carbonyl (C=O) groups is 2. The maximum absolute atomic E-state index is 12.3. The van der Waals surface area contributed by atoms with Gasteiger partial charge in [0.15, 0.2) is 6.10 Å². The van der Waals surface area contributed by atoms with Crippen molar-refractivity contribution >= 4 is 17.6 Å². The number of carbonyl (C=O) groups excluding carboxylic acids is 2. The van der Waals surface area contributed by atoms with Crippen molar-refractivity contribution in [1.29, 1.82) is 0 Å². The minimum atomic E-state index is -0.877. The Balaban J connectivity index is 2.06. The van der Waals surface area contributed by atoms with Crippen molar-refractivity contribution in [3.63, 3.8) is 0 Å². The maximum atomic E-state index is 12.3. The summed E-state index contributed by atoms with van der Waals surface area (Å²) in [5.74, 6) is -0.861. The lowest BCUT2D eigenvalue weighted by atomic mass is 10.0. The third kappa shape index (κ3) is 3.80. The fourth-order valence-corrected chi connectivity index (χ4v) is 2.55. The number of hydrogen-bond acceptors (Lipinski definition) is 3. The van der Waals surface area contributed by atoms with Gasteiger partial charge >= 0.3 is 5.97 Å². The average molecular weight is 314 g/mol. The van der Waals surface area contributed by atoms with E-state index in [1.54, 1.807) is 36.9 Å². The summed E-state index contributed by atoms with van der Waals surface area (Å²) in [4.78, 5) is 24.3. The summed E-state index contributed by atoms with van der Waals surface area (Å²) in [6.07, 6.45) is 0.873. The summed E-state index contributed by atoms with van der Waals surface area (Å²) in [5.41, 5.74) is 4.28. The van der Waals surface area contributed by atoms with Gasteiger partial charge in [-0.15, -0.1) is 0 Å². The Morgan fingerprint density at radius 3 is 2.30 bits per heavy atom. The number of hydrogen-bond donors (Lipinski definition) is 1. The molecule has 0 unspecified atom stereocenters. The van der Waals surface area contributed by atoms with Crippen molar-refractivity contribution in [2.45, 2.75) is 33.8 Å². The molecule has 0 aliphatic heterocycles. The number of anilines is 1. The number of nitrogens with zero attached hydrogens (tertiary/aromatic N) is 1. The molecule has 1 atom stereocenters. The molecule has 1 amide bonds. The van der Waals surface area contributed by atoms with Gasteiger partial charge in [-0.05, 0) is 51.0 Å². The molecule has 0 bridgehead atoms. The van der Waals surface area contributed by atoms with E-state index in [0.29, 0.717) is 5.69 Å². The molecule has 0 aliphatic carbocycles. The first-order valence-electron chi connectivity index (χ1n) is 7.50. The molecule has 1 N–H and O–H groups in total. The molecule has 5 nitrogen and oxygen atoms in total. The van der Waals surface area contributed by atoms with Crippen molar-refractivity contribution in [3.05, 3.63) is 52.8 Å². The van der Waals surface area contributed by atoms with E-state index in [4.69, 9.17) is 4.74 Å². The van der Waals surface area contributed by atoms with Gasteiger partial charge in [-0.3, -0.25) is 4.79 Å². The van der Waals surface area contributed by atoms with Gasteiger partial charge in [0.2, 0.25) is 0 Å². The molecule has 0 saturated carbocycles. The van der Waals surface area contributed by atoms with Crippen LogP contribution in [-0.2, 0) is 16.6 Å². The Hall–Kier alpha value is -2.56. The Morgan fingerprint density at radius 2 is 1.78 bits per heavy atom. The number of nitrogens with one attached hydrogen (secondary N) is 1. The quantitative estimate of drug-likeness (QED) is 0.882. The molecule has 0 fully saturated rings. The van der Waals surface area contributed by atoms with E-state index in [-0.39, 0.29) is 5.91 Å². The van der Waals surface area contributed by atoms with E-state index in [0.717, 1.165) is 22.4 Å². The second kappa shape index (κ2) is 6.69. The van der Waals surface area contributed by atoms with Gasteiger partial charge in [-0.2, -0.15) is 0 Å². The number of rotatable bonds is 4. The van der Waals surface area contributed by atoms with Crippen LogP contribution < -0.4 is 5.32 Å². The van der Waals surface area contributed by atoms with E-state index < -0.39 is 12.1 Å². The van der Waals surface area contributed by atoms with Crippen LogP contribution in [0.3, 0.4) is 0 Å². The zero-order chi connectivity index (χ0) is 17.1. The van der Waals surface area contributed by atoms with Crippen molar-refractivity contribution < 1.29 is 14.3 Å². The standard InChI is InChI=1S/C18H22N2O3/c1-11-9-12(2)16(13(3)10-11)19-17(21)14(4)23-18(22)15-7-6-8-20(15)5/h6-10,14H,1-5H3,(H,19,21)/t14-/m0/s1. The van der Waals surface area contributed by atoms with Crippen molar-refractivity contribution in [2.75, 3.05) is 5.32 Å². The van der Waals surface area contributed by atoms with Crippen LogP contribution in [0.5, 0.6) is 0 Å². The zero-order valence-electron chi connectivity index (χ0n) is 14.1. The lowest BCUT2D eigenvalue weighted by molar-refractivity contribution is -0.123. The van der Waals surface area contributed by atoms with E-state index in [9.17, 15) is 9.59 Å². The summed E-state index contributed by atoms with van der Waals surface area (Å²) in [6, 6.07) is 7.41. The van der Waals surface area contributed by atoms with Crippen LogP contribution in [0.15, 0.2) is 30.5 Å². The van der Waals surface area contributed by atoms with Crippen molar-refractivity contribution in [2.24, 2.45) is 7.05 Å². The van der Waals surface area contributed by atoms with Crippen molar-refractivity contribution in [1.82, 2.24) is 4.57 Å². The molecule has 1 heterocycles. The number of aryl methyl sites for hydroxylation is 4. The third-order valence-corrected chi connectivity index (χ3v) is 3.73. The highest BCUT2D eigenvalue weighted by atomic mass is 16.5. The number of amides is 1. The summed E-state index contributed by atoms with van der Waals surface area (Å²) in [5, 5.41) is 2.85. The van der Waals surface area contributed by atoms with Crippen molar-refractivity contribution in [3.8, 4) is 0 Å². The molecule has 122 valence electrons. The molecule has 0 radical (unpaired) electrons. The largest absolute Gasteiger partial charge is 0.448 e. The highest BCUT2D eigenvalue weighted by molar-refractivity contribution is 5.97. The molecular weight excluding hydrogens is 292 g/mol. The lowest BCUT2D eigenvalue weighted by Gasteiger charge is -2.17. The van der Waals surface area contributed by atoms with Gasteiger partial charge in [-0.1, -0.05) is 17.7 Å². The molecule has 23 heavy (non-hydrogen) atoms. The summed E-state index contributed by atoms with van der Waals surface area (Å²) >= 11 is 0. The lowest BCUT2D eigenvalue weighted by Crippen LogP contribution is -2.31. The van der Waals surface area contributed by atoms with Crippen LogP contribution in [0.25, 0.3) is 0 Å². The Kier molecular flexibility index (Phi) is 4.89. The second-order valence-corrected chi connectivity index (χ2v) is 5.81. The summed E-state index contributed by atoms with van der Waals surface area (Å²) in [6.45, 7) is 7.46. The number of benzene rings is 1. The first kappa shape index (κ1) is 16.8. The van der Waals surface area contributed by atoms with Crippen LogP contribution in [-0.4, -0.2) is 22.5 Å². The molecule has 2 rings (SSSR count). The molecule has 1 aromatic carbocycles. The van der Waals surface area contributed by atoms with E-state index in [1.165, 1.54) is 0 Å². The fourth-order valence-electron chi connectivity index (χ4n) is 2.55. The summed E-state index contributed by atoms with van der Waals surface area (Å²) < 4.78 is 6.90. The van der Waals surface area contributed by atoms with E-state index in [1.807, 2.05) is 32.9 Å². The van der Waals surface area contributed by atoms with Crippen LogP contribution in [0, 0.1) is 20.8 Å². The molecule has 5 heteroatoms. The Bertz CT molecular complexity index is 723. The number of esters is 1. The van der Waals surface area contributed by atoms with Crippen LogP contribution in [0.4, 0.5) is 5.69 Å². The minimum absolute atomic E-state index is 0.345. The minimum Gasteiger partial charge on any atom is -0.448 e. The van der Waals surface area contributed by atoms with Gasteiger partial charge in [0, 0.05) is 18.9 Å². The van der Waals surface area contributed by atoms with Gasteiger partial charge in [0.1, 0.15) is 5.69 Å². The predicted molar refractivity (Wildman–Crippen MR) is 89.6 cm³/mol. The molecule has 0 saturated heterocycles. The number of aromatic nitrogens is 1. The van der Waals surface area contributed by atoms with Gasteiger partial charge in [-0.25, -0.2) is 4.79 Å². The van der Waals surface area contributed by atoms with E-state index >= 15 is 0 Å². The smallest absolute Gasteiger partial charge is 0.355 e. The first-order chi connectivity index (χ1) is 10.8. The maximum Gasteiger partial charge on any atom is 0.355 e. The monoisotopic (exact) mass is 314 g/mol. The molecule has 0 spiro atoms. The topological polar surface area (TPSA) is 60.3 Å². The highest BCUT2D eigenvalue weighted by Crippen LogP contribution is 2.22. The van der Waals surface area contributed by atoms with E-state index in [2.05, 4.69) is 5.32 Å². The normalized spacial score (nSPS) is 11.9. The van der Waals surface area contributed by atoms with Gasteiger partial charge < -0.3 is 14.6 Å². The SMILES string of the molecule is Cc1cc(C)c(NC(=O)[C@H](C)OC(=O)c2cccn2C)c(C)c1. The Morgan fingerprint density at radius 1 is 1.17 bits per heavy atom. The van der Waals surface area contributed by atoms with Crippen LogP contribution >= 0.6 is 0 Å². The molecule has 1 aromatic heterocycles. The van der Waals surface area contributed by atoms with Crippen LogP contribution in [0.2, 0.25) is 0 Å². The number of ether oxygens (including phenoxy) is 1. The Labute approximate surface area is 136 Å². The highest BCUT2D eigenvalue weighted by Gasteiger charge is 2.21. The fraction of sp³-hybridized carbons (Fsp3) is 0.333. The molecule has 0 aliphatic rings. The average Bonchev–Trinajstić information content (AvgIpc) is 2.88. The zero-order valence-corrected chi connectivity index (χ0v) is 14.1. The third-order valence-electron chi connectivity index (χ3n) is 3.73.